The van der Waals surface area contributed by atoms with Crippen molar-refractivity contribution in [3.63, 3.8) is 0 Å². The molecular formula is C31H34N4O3S. The number of nitrogens with one attached hydrogen (secondary N) is 1. The zero-order valence-corrected chi connectivity index (χ0v) is 22.9. The molecule has 7 nitrogen and oxygen atoms in total. The summed E-state index contributed by atoms with van der Waals surface area (Å²) in [5.41, 5.74) is 3.20. The summed E-state index contributed by atoms with van der Waals surface area (Å²) in [5.74, 6) is 2.98. The number of amides is 1. The Morgan fingerprint density at radius 1 is 0.923 bits per heavy atom. The topological polar surface area (TPSA) is 92.3 Å². The van der Waals surface area contributed by atoms with Crippen LogP contribution in [0.1, 0.15) is 56.2 Å². The Kier molecular flexibility index (Phi) is 6.08. The first-order valence-electron chi connectivity index (χ1n) is 14.2. The average molecular weight is 543 g/mol. The fraction of sp³-hybridized carbons (Fsp3) is 0.452. The number of aromatic nitrogens is 2. The van der Waals surface area contributed by atoms with Crippen LogP contribution in [0.2, 0.25) is 0 Å². The van der Waals surface area contributed by atoms with Crippen LogP contribution in [0.3, 0.4) is 0 Å². The van der Waals surface area contributed by atoms with E-state index in [4.69, 9.17) is 0 Å². The molecule has 0 atom stereocenters. The molecule has 0 radical (unpaired) electrons. The zero-order chi connectivity index (χ0) is 26.6. The van der Waals surface area contributed by atoms with Crippen LogP contribution in [-0.2, 0) is 27.8 Å². The molecular weight excluding hydrogens is 508 g/mol. The molecule has 0 unspecified atom stereocenters. The quantitative estimate of drug-likeness (QED) is 0.448. The van der Waals surface area contributed by atoms with Crippen molar-refractivity contribution in [1.82, 2.24) is 14.3 Å². The Balaban J connectivity index is 1.09. The number of hydrogen-bond acceptors (Lipinski definition) is 5. The minimum Gasteiger partial charge on any atom is -0.310 e. The Bertz CT molecular complexity index is 1490. The highest BCUT2D eigenvalue weighted by molar-refractivity contribution is 7.89. The van der Waals surface area contributed by atoms with Gasteiger partial charge in [0.25, 0.3) is 0 Å². The van der Waals surface area contributed by atoms with Crippen LogP contribution in [0.4, 0.5) is 5.82 Å². The predicted molar refractivity (Wildman–Crippen MR) is 149 cm³/mol. The predicted octanol–water partition coefficient (Wildman–Crippen LogP) is 5.44. The van der Waals surface area contributed by atoms with Crippen LogP contribution in [0.25, 0.3) is 11.1 Å². The smallest absolute Gasteiger partial charge is 0.244 e. The highest BCUT2D eigenvalue weighted by Crippen LogP contribution is 2.61. The van der Waals surface area contributed by atoms with Gasteiger partial charge < -0.3 is 5.32 Å². The lowest BCUT2D eigenvalue weighted by Crippen LogP contribution is -2.47. The number of sulfonamides is 1. The van der Waals surface area contributed by atoms with Gasteiger partial charge in [0.05, 0.1) is 17.1 Å². The van der Waals surface area contributed by atoms with E-state index in [2.05, 4.69) is 15.3 Å². The third kappa shape index (κ3) is 4.57. The molecule has 4 aliphatic carbocycles. The minimum atomic E-state index is -3.76. The van der Waals surface area contributed by atoms with E-state index < -0.39 is 10.0 Å². The van der Waals surface area contributed by atoms with E-state index in [9.17, 15) is 13.2 Å². The van der Waals surface area contributed by atoms with Gasteiger partial charge >= 0.3 is 0 Å². The molecule has 8 heteroatoms. The van der Waals surface area contributed by atoms with E-state index in [0.717, 1.165) is 28.9 Å². The second-order valence-electron chi connectivity index (χ2n) is 12.2. The number of carbonyl (C=O) groups is 1. The largest absolute Gasteiger partial charge is 0.310 e. The highest BCUT2D eigenvalue weighted by atomic mass is 32.2. The van der Waals surface area contributed by atoms with Gasteiger partial charge in [0.1, 0.15) is 12.1 Å². The number of anilines is 1. The summed E-state index contributed by atoms with van der Waals surface area (Å²) in [6.45, 7) is 0.463. The molecule has 3 aromatic rings. The number of nitrogens with zero attached hydrogens (tertiary/aromatic N) is 3. The van der Waals surface area contributed by atoms with E-state index in [-0.39, 0.29) is 22.8 Å². The third-order valence-electron chi connectivity index (χ3n) is 9.52. The molecule has 1 N–H and O–H groups in total. The van der Waals surface area contributed by atoms with Crippen LogP contribution in [-0.4, -0.2) is 35.1 Å². The minimum absolute atomic E-state index is 0.0321. The standard InChI is InChI=1S/C31H34N4O3S/c36-29(18-31-15-21-12-22(16-31)14-23(13-21)17-31)34-30-26-10-11-35(19-27(26)32-20-33-30)39(37,38)28-9-5-4-8-25(28)24-6-2-1-3-7-24/h1-9,20-23H,10-19H2,(H,32,33,34,36). The lowest BCUT2D eigenvalue weighted by molar-refractivity contribution is -0.124. The fourth-order valence-electron chi connectivity index (χ4n) is 8.35. The summed E-state index contributed by atoms with van der Waals surface area (Å²) in [5, 5.41) is 3.10. The summed E-state index contributed by atoms with van der Waals surface area (Å²) >= 11 is 0. The number of fused-ring (bicyclic) bond motifs is 1. The van der Waals surface area contributed by atoms with Crippen LogP contribution < -0.4 is 5.32 Å². The van der Waals surface area contributed by atoms with Crippen molar-refractivity contribution in [2.24, 2.45) is 23.2 Å². The van der Waals surface area contributed by atoms with Crippen molar-refractivity contribution < 1.29 is 13.2 Å². The van der Waals surface area contributed by atoms with Gasteiger partial charge in [-0.3, -0.25) is 4.79 Å². The monoisotopic (exact) mass is 542 g/mol. The maximum Gasteiger partial charge on any atom is 0.244 e. The van der Waals surface area contributed by atoms with Gasteiger partial charge in [0, 0.05) is 24.1 Å². The second kappa shape index (κ2) is 9.52. The lowest BCUT2D eigenvalue weighted by Gasteiger charge is -2.56. The number of hydrogen-bond donors (Lipinski definition) is 1. The second-order valence-corrected chi connectivity index (χ2v) is 14.1. The van der Waals surface area contributed by atoms with Gasteiger partial charge in [0.15, 0.2) is 0 Å². The molecule has 4 saturated carbocycles. The molecule has 1 amide bonds. The first kappa shape index (κ1) is 24.9. The summed E-state index contributed by atoms with van der Waals surface area (Å²) in [7, 11) is -3.76. The van der Waals surface area contributed by atoms with E-state index in [0.29, 0.717) is 36.5 Å². The molecule has 202 valence electrons. The molecule has 0 spiro atoms. The number of carbonyl (C=O) groups excluding carboxylic acids is 1. The van der Waals surface area contributed by atoms with Crippen LogP contribution in [0.15, 0.2) is 65.8 Å². The molecule has 8 rings (SSSR count). The third-order valence-corrected chi connectivity index (χ3v) is 11.4. The molecule has 1 aromatic heterocycles. The van der Waals surface area contributed by atoms with Gasteiger partial charge in [0.2, 0.25) is 15.9 Å². The van der Waals surface area contributed by atoms with Crippen LogP contribution >= 0.6 is 0 Å². The Labute approximate surface area is 230 Å². The average Bonchev–Trinajstić information content (AvgIpc) is 2.92. The van der Waals surface area contributed by atoms with Crippen molar-refractivity contribution in [3.8, 4) is 11.1 Å². The van der Waals surface area contributed by atoms with Crippen molar-refractivity contribution >= 4 is 21.7 Å². The molecule has 5 aliphatic rings. The van der Waals surface area contributed by atoms with Gasteiger partial charge in [-0.2, -0.15) is 4.31 Å². The molecule has 0 saturated heterocycles. The number of benzene rings is 2. The molecule has 4 bridgehead atoms. The van der Waals surface area contributed by atoms with Gasteiger partial charge in [-0.1, -0.05) is 48.5 Å². The normalized spacial score (nSPS) is 27.7. The molecule has 4 fully saturated rings. The molecule has 2 aromatic carbocycles. The van der Waals surface area contributed by atoms with Crippen molar-refractivity contribution in [2.45, 2.75) is 62.8 Å². The first-order chi connectivity index (χ1) is 18.9. The Morgan fingerprint density at radius 2 is 1.59 bits per heavy atom. The van der Waals surface area contributed by atoms with E-state index in [1.165, 1.54) is 49.2 Å². The van der Waals surface area contributed by atoms with Crippen LogP contribution in [0, 0.1) is 23.2 Å². The number of rotatable bonds is 6. The maximum absolute atomic E-state index is 13.8. The summed E-state index contributed by atoms with van der Waals surface area (Å²) in [6.07, 6.45) is 10.1. The lowest BCUT2D eigenvalue weighted by atomic mass is 9.49. The molecule has 39 heavy (non-hydrogen) atoms. The maximum atomic E-state index is 13.8. The Hall–Kier alpha value is -3.10. The van der Waals surface area contributed by atoms with Crippen molar-refractivity contribution in [1.29, 1.82) is 0 Å². The zero-order valence-electron chi connectivity index (χ0n) is 22.1. The summed E-state index contributed by atoms with van der Waals surface area (Å²) < 4.78 is 29.1. The summed E-state index contributed by atoms with van der Waals surface area (Å²) in [4.78, 5) is 22.4. The van der Waals surface area contributed by atoms with E-state index in [1.54, 1.807) is 12.1 Å². The van der Waals surface area contributed by atoms with Gasteiger partial charge in [-0.15, -0.1) is 0 Å². The summed E-state index contributed by atoms with van der Waals surface area (Å²) in [6, 6.07) is 16.7. The van der Waals surface area contributed by atoms with Gasteiger partial charge in [-0.25, -0.2) is 18.4 Å². The van der Waals surface area contributed by atoms with Gasteiger partial charge in [-0.05, 0) is 79.7 Å². The highest BCUT2D eigenvalue weighted by Gasteiger charge is 2.51. The SMILES string of the molecule is O=C(CC12CC3CC(CC(C3)C1)C2)Nc1ncnc2c1CCN(S(=O)(=O)c1ccccc1-c1ccccc1)C2. The molecule has 1 aliphatic heterocycles. The molecule has 2 heterocycles. The van der Waals surface area contributed by atoms with Crippen molar-refractivity contribution in [3.05, 3.63) is 72.2 Å². The van der Waals surface area contributed by atoms with Crippen LogP contribution in [0.5, 0.6) is 0 Å². The first-order valence-corrected chi connectivity index (χ1v) is 15.6. The van der Waals surface area contributed by atoms with Crippen molar-refractivity contribution in [2.75, 3.05) is 11.9 Å². The van der Waals surface area contributed by atoms with E-state index >= 15 is 0 Å². The fourth-order valence-corrected chi connectivity index (χ4v) is 9.97. The van der Waals surface area contributed by atoms with E-state index in [1.807, 2.05) is 42.5 Å². The Morgan fingerprint density at radius 3 is 2.31 bits per heavy atom.